The van der Waals surface area contributed by atoms with E-state index in [2.05, 4.69) is 0 Å². The van der Waals surface area contributed by atoms with Gasteiger partial charge in [0.25, 0.3) is 0 Å². The summed E-state index contributed by atoms with van der Waals surface area (Å²) < 4.78 is 16.5. The Labute approximate surface area is 161 Å². The Morgan fingerprint density at radius 1 is 1.30 bits per heavy atom. The Morgan fingerprint density at radius 3 is 2.48 bits per heavy atom. The largest absolute Gasteiger partial charge is 0.458 e. The monoisotopic (exact) mass is 380 g/mol. The maximum Gasteiger partial charge on any atom is 0.344 e. The van der Waals surface area contributed by atoms with Gasteiger partial charge in [-0.1, -0.05) is 32.4 Å². The lowest BCUT2D eigenvalue weighted by molar-refractivity contribution is -0.191. The van der Waals surface area contributed by atoms with Gasteiger partial charge in [0.2, 0.25) is 0 Å². The Bertz CT molecular complexity index is 587. The molecule has 2 rings (SSSR count). The molecule has 152 valence electrons. The van der Waals surface area contributed by atoms with E-state index < -0.39 is 35.7 Å². The summed E-state index contributed by atoms with van der Waals surface area (Å²) in [4.78, 5) is 36.5. The minimum atomic E-state index is -0.793. The molecule has 0 aromatic rings. The first-order valence-electron chi connectivity index (χ1n) is 9.96. The third kappa shape index (κ3) is 4.90. The zero-order valence-corrected chi connectivity index (χ0v) is 16.9. The summed E-state index contributed by atoms with van der Waals surface area (Å²) >= 11 is 0. The van der Waals surface area contributed by atoms with E-state index in [4.69, 9.17) is 14.2 Å². The van der Waals surface area contributed by atoms with Crippen molar-refractivity contribution >= 4 is 17.9 Å². The molecule has 27 heavy (non-hydrogen) atoms. The topological polar surface area (TPSA) is 78.9 Å². The van der Waals surface area contributed by atoms with Gasteiger partial charge in [-0.15, -0.1) is 0 Å². The van der Waals surface area contributed by atoms with E-state index in [1.807, 2.05) is 26.8 Å². The molecule has 0 spiro atoms. The number of ether oxygens (including phenoxy) is 3. The number of rotatable bonds is 7. The van der Waals surface area contributed by atoms with Crippen molar-refractivity contribution in [1.82, 2.24) is 0 Å². The summed E-state index contributed by atoms with van der Waals surface area (Å²) in [7, 11) is 0. The lowest BCUT2D eigenvalue weighted by Crippen LogP contribution is -2.48. The van der Waals surface area contributed by atoms with Gasteiger partial charge in [0.05, 0.1) is 5.41 Å². The molecular weight excluding hydrogens is 348 g/mol. The van der Waals surface area contributed by atoms with Crippen LogP contribution >= 0.6 is 0 Å². The molecule has 1 aliphatic carbocycles. The molecule has 0 amide bonds. The highest BCUT2D eigenvalue weighted by atomic mass is 16.6. The summed E-state index contributed by atoms with van der Waals surface area (Å²) in [6, 6.07) is 0. The van der Waals surface area contributed by atoms with E-state index >= 15 is 0 Å². The highest BCUT2D eigenvalue weighted by Gasteiger charge is 2.48. The average molecular weight is 380 g/mol. The number of esters is 3. The quantitative estimate of drug-likeness (QED) is 0.380. The van der Waals surface area contributed by atoms with E-state index in [0.29, 0.717) is 25.7 Å². The Balaban J connectivity index is 2.00. The molecule has 6 nitrogen and oxygen atoms in total. The second-order valence-corrected chi connectivity index (χ2v) is 8.13. The van der Waals surface area contributed by atoms with Crippen LogP contribution in [0.5, 0.6) is 0 Å². The molecule has 6 heteroatoms. The van der Waals surface area contributed by atoms with Gasteiger partial charge in [-0.25, -0.2) is 4.79 Å². The minimum Gasteiger partial charge on any atom is -0.458 e. The molecule has 1 heterocycles. The van der Waals surface area contributed by atoms with Gasteiger partial charge in [-0.05, 0) is 51.9 Å². The summed E-state index contributed by atoms with van der Waals surface area (Å²) in [5, 5.41) is 0. The first-order valence-corrected chi connectivity index (χ1v) is 9.96. The van der Waals surface area contributed by atoms with Crippen LogP contribution in [-0.4, -0.2) is 36.2 Å². The summed E-state index contributed by atoms with van der Waals surface area (Å²) in [5.74, 6) is -1.25. The van der Waals surface area contributed by atoms with Crippen LogP contribution in [0.25, 0.3) is 0 Å². The standard InChI is InChI=1S/C21H32O6/c1-5-11-20(4,15(2)3)19(24)25-14-18(23)27-21(12-7-6-8-13-21)16-9-10-17(22)26-16/h5,11,15-16H,6-10,12-14H2,1-4H3/b11-5-. The summed E-state index contributed by atoms with van der Waals surface area (Å²) in [6.45, 7) is 7.08. The number of carbonyl (C=O) groups excluding carboxylic acids is 3. The van der Waals surface area contributed by atoms with Crippen molar-refractivity contribution in [3.63, 3.8) is 0 Å². The summed E-state index contributed by atoms with van der Waals surface area (Å²) in [5.41, 5.74) is -1.57. The van der Waals surface area contributed by atoms with Crippen LogP contribution < -0.4 is 0 Å². The van der Waals surface area contributed by atoms with Crippen molar-refractivity contribution in [2.45, 2.75) is 84.3 Å². The average Bonchev–Trinajstić information content (AvgIpc) is 3.07. The second kappa shape index (κ2) is 8.89. The maximum absolute atomic E-state index is 12.5. The zero-order chi connectivity index (χ0) is 20.1. The Morgan fingerprint density at radius 2 is 1.96 bits per heavy atom. The molecule has 2 aliphatic rings. The summed E-state index contributed by atoms with van der Waals surface area (Å²) in [6.07, 6.45) is 8.41. The van der Waals surface area contributed by atoms with Gasteiger partial charge in [0.1, 0.15) is 11.7 Å². The smallest absolute Gasteiger partial charge is 0.344 e. The molecule has 1 saturated carbocycles. The fraction of sp³-hybridized carbons (Fsp3) is 0.762. The van der Waals surface area contributed by atoms with Crippen LogP contribution in [0, 0.1) is 11.3 Å². The molecule has 0 N–H and O–H groups in total. The predicted molar refractivity (Wildman–Crippen MR) is 99.7 cm³/mol. The highest BCUT2D eigenvalue weighted by molar-refractivity contribution is 5.82. The first kappa shape index (κ1) is 21.5. The van der Waals surface area contributed by atoms with Gasteiger partial charge < -0.3 is 14.2 Å². The molecule has 1 aliphatic heterocycles. The van der Waals surface area contributed by atoms with E-state index in [9.17, 15) is 14.4 Å². The SMILES string of the molecule is C/C=C\C(C)(C(=O)OCC(=O)OC1(C2CCC(=O)O2)CCCCC1)C(C)C. The van der Waals surface area contributed by atoms with Crippen LogP contribution in [0.2, 0.25) is 0 Å². The number of hydrogen-bond acceptors (Lipinski definition) is 6. The maximum atomic E-state index is 12.5. The van der Waals surface area contributed by atoms with E-state index in [0.717, 1.165) is 19.3 Å². The molecule has 0 aromatic carbocycles. The van der Waals surface area contributed by atoms with Crippen LogP contribution in [0.3, 0.4) is 0 Å². The normalized spacial score (nSPS) is 24.5. The molecule has 2 unspecified atom stereocenters. The van der Waals surface area contributed by atoms with E-state index in [-0.39, 0.29) is 11.9 Å². The number of carbonyl (C=O) groups is 3. The minimum absolute atomic E-state index is 0.0276. The van der Waals surface area contributed by atoms with Crippen molar-refractivity contribution in [2.24, 2.45) is 11.3 Å². The fourth-order valence-electron chi connectivity index (χ4n) is 3.91. The number of cyclic esters (lactones) is 1. The van der Waals surface area contributed by atoms with Crippen LogP contribution in [0.15, 0.2) is 12.2 Å². The van der Waals surface area contributed by atoms with Gasteiger partial charge in [-0.3, -0.25) is 9.59 Å². The van der Waals surface area contributed by atoms with Crippen molar-refractivity contribution in [1.29, 1.82) is 0 Å². The van der Waals surface area contributed by atoms with E-state index in [1.165, 1.54) is 0 Å². The zero-order valence-electron chi connectivity index (χ0n) is 16.9. The van der Waals surface area contributed by atoms with Crippen LogP contribution in [-0.2, 0) is 28.6 Å². The predicted octanol–water partition coefficient (Wildman–Crippen LogP) is 3.72. The van der Waals surface area contributed by atoms with E-state index in [1.54, 1.807) is 13.0 Å². The Kier molecular flexibility index (Phi) is 7.06. The molecule has 0 aromatic heterocycles. The third-order valence-corrected chi connectivity index (χ3v) is 5.96. The molecule has 2 atom stereocenters. The van der Waals surface area contributed by atoms with Crippen molar-refractivity contribution in [3.05, 3.63) is 12.2 Å². The van der Waals surface area contributed by atoms with Crippen molar-refractivity contribution in [3.8, 4) is 0 Å². The third-order valence-electron chi connectivity index (χ3n) is 5.96. The highest BCUT2D eigenvalue weighted by Crippen LogP contribution is 2.40. The van der Waals surface area contributed by atoms with Gasteiger partial charge in [0.15, 0.2) is 6.61 Å². The van der Waals surface area contributed by atoms with Crippen molar-refractivity contribution in [2.75, 3.05) is 6.61 Å². The van der Waals surface area contributed by atoms with Crippen LogP contribution in [0.4, 0.5) is 0 Å². The number of allylic oxidation sites excluding steroid dienone is 1. The number of hydrogen-bond donors (Lipinski definition) is 0. The van der Waals surface area contributed by atoms with Crippen molar-refractivity contribution < 1.29 is 28.6 Å². The lowest BCUT2D eigenvalue weighted by Gasteiger charge is -2.40. The Hall–Kier alpha value is -1.85. The fourth-order valence-corrected chi connectivity index (χ4v) is 3.91. The molecule has 0 bridgehead atoms. The second-order valence-electron chi connectivity index (χ2n) is 8.13. The molecule has 0 radical (unpaired) electrons. The van der Waals surface area contributed by atoms with Gasteiger partial charge in [0, 0.05) is 6.42 Å². The lowest BCUT2D eigenvalue weighted by atomic mass is 9.79. The van der Waals surface area contributed by atoms with Gasteiger partial charge >= 0.3 is 17.9 Å². The first-order chi connectivity index (χ1) is 12.7. The molecular formula is C21H32O6. The molecule has 2 fully saturated rings. The molecule has 1 saturated heterocycles. The van der Waals surface area contributed by atoms with Crippen LogP contribution in [0.1, 0.15) is 72.6 Å². The van der Waals surface area contributed by atoms with Gasteiger partial charge in [-0.2, -0.15) is 0 Å².